The smallest absolute Gasteiger partial charge is 0.222 e. The van der Waals surface area contributed by atoms with Crippen molar-refractivity contribution in [2.45, 2.75) is 45.2 Å². The second-order valence-corrected chi connectivity index (χ2v) is 6.47. The average molecular weight is 327 g/mol. The van der Waals surface area contributed by atoms with Gasteiger partial charge in [-0.05, 0) is 38.3 Å². The van der Waals surface area contributed by atoms with Crippen LogP contribution in [-0.2, 0) is 16.0 Å². The molecule has 124 valence electrons. The highest BCUT2D eigenvalue weighted by Crippen LogP contribution is 2.16. The lowest BCUT2D eigenvalue weighted by atomic mass is 9.92. The highest BCUT2D eigenvalue weighted by molar-refractivity contribution is 5.85. The molecule has 0 aliphatic carbocycles. The van der Waals surface area contributed by atoms with E-state index in [1.54, 1.807) is 0 Å². The molecule has 0 bridgehead atoms. The van der Waals surface area contributed by atoms with Crippen LogP contribution in [0.5, 0.6) is 0 Å². The Labute approximate surface area is 139 Å². The van der Waals surface area contributed by atoms with Crippen molar-refractivity contribution in [3.8, 4) is 0 Å². The number of nitrogens with one attached hydrogen (secondary N) is 2. The number of carbonyl (C=O) groups is 1. The predicted octanol–water partition coefficient (Wildman–Crippen LogP) is 2.23. The van der Waals surface area contributed by atoms with Gasteiger partial charge in [0.1, 0.15) is 0 Å². The Kier molecular flexibility index (Phi) is 7.33. The minimum atomic E-state index is -0.251. The lowest BCUT2D eigenvalue weighted by molar-refractivity contribution is -0.123. The minimum absolute atomic E-state index is 0. The van der Waals surface area contributed by atoms with Crippen LogP contribution in [0.25, 0.3) is 0 Å². The highest BCUT2D eigenvalue weighted by Gasteiger charge is 2.24. The topological polar surface area (TPSA) is 50.4 Å². The van der Waals surface area contributed by atoms with Crippen LogP contribution in [0.4, 0.5) is 0 Å². The number of halogens is 1. The Morgan fingerprint density at radius 3 is 2.77 bits per heavy atom. The average Bonchev–Trinajstić information content (AvgIpc) is 2.41. The SMILES string of the molecule is Cc1ccccc1CC(C)(C)NC(=O)CC1COCCN1.Cl. The molecule has 0 saturated carbocycles. The molecule has 1 unspecified atom stereocenters. The summed E-state index contributed by atoms with van der Waals surface area (Å²) in [4.78, 5) is 12.2. The van der Waals surface area contributed by atoms with Gasteiger partial charge in [-0.1, -0.05) is 24.3 Å². The monoisotopic (exact) mass is 326 g/mol. The van der Waals surface area contributed by atoms with Gasteiger partial charge in [-0.15, -0.1) is 12.4 Å². The molecule has 1 fully saturated rings. The van der Waals surface area contributed by atoms with Crippen LogP contribution in [0.1, 0.15) is 31.4 Å². The number of morpholine rings is 1. The Bertz CT molecular complexity index is 485. The van der Waals surface area contributed by atoms with Gasteiger partial charge >= 0.3 is 0 Å². The summed E-state index contributed by atoms with van der Waals surface area (Å²) >= 11 is 0. The maximum atomic E-state index is 12.2. The summed E-state index contributed by atoms with van der Waals surface area (Å²) in [6, 6.07) is 8.45. The van der Waals surface area contributed by atoms with E-state index in [9.17, 15) is 4.79 Å². The Morgan fingerprint density at radius 1 is 1.41 bits per heavy atom. The molecule has 4 nitrogen and oxygen atoms in total. The molecule has 2 rings (SSSR count). The van der Waals surface area contributed by atoms with Gasteiger partial charge in [0.05, 0.1) is 13.2 Å². The van der Waals surface area contributed by atoms with Crippen LogP contribution < -0.4 is 10.6 Å². The Balaban J connectivity index is 0.00000242. The summed E-state index contributed by atoms with van der Waals surface area (Å²) < 4.78 is 5.38. The van der Waals surface area contributed by atoms with Crippen LogP contribution in [0.2, 0.25) is 0 Å². The number of ether oxygens (including phenoxy) is 1. The third-order valence-corrected chi connectivity index (χ3v) is 3.80. The van der Waals surface area contributed by atoms with Gasteiger partial charge in [0, 0.05) is 24.5 Å². The molecule has 1 atom stereocenters. The Hall–Kier alpha value is -1.10. The third kappa shape index (κ3) is 5.95. The van der Waals surface area contributed by atoms with Crippen molar-refractivity contribution in [1.82, 2.24) is 10.6 Å². The van der Waals surface area contributed by atoms with Gasteiger partial charge in [0.25, 0.3) is 0 Å². The van der Waals surface area contributed by atoms with Crippen molar-refractivity contribution in [3.63, 3.8) is 0 Å². The van der Waals surface area contributed by atoms with E-state index in [1.165, 1.54) is 11.1 Å². The van der Waals surface area contributed by atoms with Gasteiger partial charge in [0.2, 0.25) is 5.91 Å². The summed E-state index contributed by atoms with van der Waals surface area (Å²) in [5.41, 5.74) is 2.29. The lowest BCUT2D eigenvalue weighted by Crippen LogP contribution is -2.49. The molecule has 1 aromatic carbocycles. The van der Waals surface area contributed by atoms with Crippen molar-refractivity contribution in [1.29, 1.82) is 0 Å². The van der Waals surface area contributed by atoms with Gasteiger partial charge in [0.15, 0.2) is 0 Å². The molecular formula is C17H27ClN2O2. The van der Waals surface area contributed by atoms with Gasteiger partial charge in [-0.2, -0.15) is 0 Å². The van der Waals surface area contributed by atoms with E-state index in [4.69, 9.17) is 4.74 Å². The van der Waals surface area contributed by atoms with Crippen molar-refractivity contribution < 1.29 is 9.53 Å². The number of benzene rings is 1. The first-order valence-corrected chi connectivity index (χ1v) is 7.63. The molecule has 5 heteroatoms. The summed E-state index contributed by atoms with van der Waals surface area (Å²) in [6.45, 7) is 8.42. The zero-order valence-corrected chi connectivity index (χ0v) is 14.5. The second kappa shape index (κ2) is 8.51. The minimum Gasteiger partial charge on any atom is -0.378 e. The molecule has 0 spiro atoms. The maximum Gasteiger partial charge on any atom is 0.222 e. The zero-order valence-electron chi connectivity index (χ0n) is 13.6. The standard InChI is InChI=1S/C17H26N2O2.ClH/c1-13-6-4-5-7-14(13)11-17(2,3)19-16(20)10-15-12-21-9-8-18-15;/h4-7,15,18H,8-12H2,1-3H3,(H,19,20);1H. The van der Waals surface area contributed by atoms with E-state index in [0.717, 1.165) is 19.6 Å². The van der Waals surface area contributed by atoms with Crippen LogP contribution >= 0.6 is 12.4 Å². The van der Waals surface area contributed by atoms with E-state index in [0.29, 0.717) is 13.0 Å². The maximum absolute atomic E-state index is 12.2. The molecule has 1 aromatic rings. The van der Waals surface area contributed by atoms with Gasteiger partial charge in [-0.25, -0.2) is 0 Å². The van der Waals surface area contributed by atoms with Crippen LogP contribution in [0, 0.1) is 6.92 Å². The lowest BCUT2D eigenvalue weighted by Gasteiger charge is -2.29. The normalized spacial score (nSPS) is 18.4. The van der Waals surface area contributed by atoms with Crippen molar-refractivity contribution >= 4 is 18.3 Å². The first kappa shape index (κ1) is 18.9. The summed E-state index contributed by atoms with van der Waals surface area (Å²) in [6.07, 6.45) is 1.30. The van der Waals surface area contributed by atoms with Gasteiger partial charge in [-0.3, -0.25) is 4.79 Å². The zero-order chi connectivity index (χ0) is 15.3. The molecule has 1 aliphatic heterocycles. The van der Waals surface area contributed by atoms with Crippen LogP contribution in [0.3, 0.4) is 0 Å². The first-order valence-electron chi connectivity index (χ1n) is 7.63. The molecule has 0 radical (unpaired) electrons. The van der Waals surface area contributed by atoms with E-state index in [-0.39, 0.29) is 29.9 Å². The van der Waals surface area contributed by atoms with Crippen molar-refractivity contribution in [3.05, 3.63) is 35.4 Å². The third-order valence-electron chi connectivity index (χ3n) is 3.80. The molecular weight excluding hydrogens is 300 g/mol. The Morgan fingerprint density at radius 2 is 2.14 bits per heavy atom. The molecule has 0 aromatic heterocycles. The van der Waals surface area contributed by atoms with Crippen molar-refractivity contribution in [2.75, 3.05) is 19.8 Å². The van der Waals surface area contributed by atoms with E-state index in [1.807, 2.05) is 12.1 Å². The molecule has 1 heterocycles. The molecule has 2 N–H and O–H groups in total. The van der Waals surface area contributed by atoms with E-state index < -0.39 is 0 Å². The second-order valence-electron chi connectivity index (χ2n) is 6.47. The summed E-state index contributed by atoms with van der Waals surface area (Å²) in [7, 11) is 0. The fourth-order valence-electron chi connectivity index (χ4n) is 2.73. The molecule has 1 saturated heterocycles. The fraction of sp³-hybridized carbons (Fsp3) is 0.588. The van der Waals surface area contributed by atoms with E-state index in [2.05, 4.69) is 43.5 Å². The molecule has 22 heavy (non-hydrogen) atoms. The van der Waals surface area contributed by atoms with E-state index >= 15 is 0 Å². The van der Waals surface area contributed by atoms with Crippen molar-refractivity contribution in [2.24, 2.45) is 0 Å². The van der Waals surface area contributed by atoms with Crippen LogP contribution in [-0.4, -0.2) is 37.2 Å². The predicted molar refractivity (Wildman–Crippen MR) is 91.6 cm³/mol. The number of rotatable bonds is 5. The van der Waals surface area contributed by atoms with Gasteiger partial charge < -0.3 is 15.4 Å². The molecule has 1 aliphatic rings. The first-order chi connectivity index (χ1) is 9.96. The quantitative estimate of drug-likeness (QED) is 0.872. The summed E-state index contributed by atoms with van der Waals surface area (Å²) in [5, 5.41) is 6.45. The number of amides is 1. The number of aryl methyl sites for hydroxylation is 1. The largest absolute Gasteiger partial charge is 0.378 e. The fourth-order valence-corrected chi connectivity index (χ4v) is 2.73. The highest BCUT2D eigenvalue weighted by atomic mass is 35.5. The van der Waals surface area contributed by atoms with Crippen LogP contribution in [0.15, 0.2) is 24.3 Å². The number of carbonyl (C=O) groups excluding carboxylic acids is 1. The number of hydrogen-bond donors (Lipinski definition) is 2. The molecule has 1 amide bonds. The summed E-state index contributed by atoms with van der Waals surface area (Å²) in [5.74, 6) is 0.0802. The number of hydrogen-bond acceptors (Lipinski definition) is 3.